The largest absolute Gasteiger partial charge is 0.325 e. The molecule has 0 aromatic heterocycles. The van der Waals surface area contributed by atoms with Crippen LogP contribution in [0, 0.1) is 17.3 Å². The van der Waals surface area contributed by atoms with Gasteiger partial charge in [0.15, 0.2) is 0 Å². The molecular weight excluding hydrogens is 184 g/mol. The minimum atomic E-state index is -0.115. The molecule has 1 aliphatic rings. The van der Waals surface area contributed by atoms with Gasteiger partial charge in [0.25, 0.3) is 0 Å². The van der Waals surface area contributed by atoms with Crippen molar-refractivity contribution in [3.05, 3.63) is 0 Å². The van der Waals surface area contributed by atoms with Gasteiger partial charge in [-0.3, -0.25) is 0 Å². The first-order valence-corrected chi connectivity index (χ1v) is 6.11. The van der Waals surface area contributed by atoms with E-state index in [1.165, 1.54) is 13.0 Å². The van der Waals surface area contributed by atoms with Gasteiger partial charge in [-0.05, 0) is 44.6 Å². The minimum absolute atomic E-state index is 0.115. The molecule has 1 fully saturated rings. The van der Waals surface area contributed by atoms with Gasteiger partial charge >= 0.3 is 0 Å². The van der Waals surface area contributed by atoms with Crippen molar-refractivity contribution >= 4 is 0 Å². The zero-order valence-electron chi connectivity index (χ0n) is 11.3. The van der Waals surface area contributed by atoms with Crippen molar-refractivity contribution < 1.29 is 0 Å². The molecule has 2 atom stereocenters. The van der Waals surface area contributed by atoms with Crippen LogP contribution < -0.4 is 5.73 Å². The fourth-order valence-corrected chi connectivity index (χ4v) is 2.00. The summed E-state index contributed by atoms with van der Waals surface area (Å²) in [5, 5.41) is 0. The van der Waals surface area contributed by atoms with Crippen LogP contribution in [-0.2, 0) is 0 Å². The Bertz CT molecular complexity index is 215. The lowest BCUT2D eigenvalue weighted by molar-refractivity contribution is 0.126. The van der Waals surface area contributed by atoms with E-state index in [0.717, 1.165) is 18.4 Å². The van der Waals surface area contributed by atoms with Crippen LogP contribution in [-0.4, -0.2) is 30.6 Å². The Morgan fingerprint density at radius 1 is 1.27 bits per heavy atom. The number of nitrogens with zero attached hydrogens (tertiary/aromatic N) is 1. The maximum Gasteiger partial charge on any atom is 0.0161 e. The molecule has 2 nitrogen and oxygen atoms in total. The maximum absolute atomic E-state index is 6.21. The van der Waals surface area contributed by atoms with Gasteiger partial charge in [-0.25, -0.2) is 0 Å². The second kappa shape index (κ2) is 4.06. The van der Waals surface area contributed by atoms with Crippen LogP contribution in [0.5, 0.6) is 0 Å². The Morgan fingerprint density at radius 2 is 1.73 bits per heavy atom. The molecule has 0 aromatic rings. The van der Waals surface area contributed by atoms with Crippen LogP contribution in [0.4, 0.5) is 0 Å². The maximum atomic E-state index is 6.21. The zero-order chi connectivity index (χ0) is 11.9. The van der Waals surface area contributed by atoms with Gasteiger partial charge in [0, 0.05) is 18.6 Å². The molecule has 1 rings (SSSR count). The van der Waals surface area contributed by atoms with E-state index in [0.29, 0.717) is 0 Å². The molecule has 0 bridgehead atoms. The van der Waals surface area contributed by atoms with Crippen LogP contribution in [0.15, 0.2) is 0 Å². The first kappa shape index (κ1) is 13.0. The predicted octanol–water partition coefficient (Wildman–Crippen LogP) is 2.34. The summed E-state index contributed by atoms with van der Waals surface area (Å²) in [6.45, 7) is 13.4. The topological polar surface area (TPSA) is 29.3 Å². The van der Waals surface area contributed by atoms with Crippen molar-refractivity contribution in [2.75, 3.05) is 20.1 Å². The molecule has 0 aromatic carbocycles. The number of nitrogens with two attached hydrogens (primary N) is 1. The van der Waals surface area contributed by atoms with E-state index in [4.69, 9.17) is 5.73 Å². The Balaban J connectivity index is 2.39. The Labute approximate surface area is 95.2 Å². The lowest BCUT2D eigenvalue weighted by Gasteiger charge is -2.41. The summed E-state index contributed by atoms with van der Waals surface area (Å²) >= 11 is 0. The van der Waals surface area contributed by atoms with Gasteiger partial charge in [-0.1, -0.05) is 20.8 Å². The van der Waals surface area contributed by atoms with Crippen LogP contribution >= 0.6 is 0 Å². The van der Waals surface area contributed by atoms with Crippen molar-refractivity contribution in [3.8, 4) is 0 Å². The predicted molar refractivity (Wildman–Crippen MR) is 66.8 cm³/mol. The Hall–Kier alpha value is -0.0800. The lowest BCUT2D eigenvalue weighted by Crippen LogP contribution is -2.52. The highest BCUT2D eigenvalue weighted by atomic mass is 15.1. The van der Waals surface area contributed by atoms with Crippen molar-refractivity contribution in [2.24, 2.45) is 23.0 Å². The first-order valence-electron chi connectivity index (χ1n) is 6.11. The van der Waals surface area contributed by atoms with Gasteiger partial charge in [-0.15, -0.1) is 0 Å². The fraction of sp³-hybridized carbons (Fsp3) is 1.00. The lowest BCUT2D eigenvalue weighted by atomic mass is 9.75. The molecule has 2 unspecified atom stereocenters. The highest BCUT2D eigenvalue weighted by Gasteiger charge is 2.37. The van der Waals surface area contributed by atoms with Crippen molar-refractivity contribution in [3.63, 3.8) is 0 Å². The summed E-state index contributed by atoms with van der Waals surface area (Å²) in [6, 6.07) is 0. The summed E-state index contributed by atoms with van der Waals surface area (Å²) < 4.78 is 0. The molecule has 90 valence electrons. The Morgan fingerprint density at radius 3 is 2.07 bits per heavy atom. The molecule has 1 aliphatic carbocycles. The summed E-state index contributed by atoms with van der Waals surface area (Å²) in [5.41, 5.74) is 6.26. The van der Waals surface area contributed by atoms with Gasteiger partial charge in [0.05, 0.1) is 0 Å². The molecule has 1 saturated carbocycles. The minimum Gasteiger partial charge on any atom is -0.325 e. The molecular formula is C13H28N2. The van der Waals surface area contributed by atoms with Gasteiger partial charge in [0.1, 0.15) is 0 Å². The second-order valence-electron chi connectivity index (χ2n) is 6.78. The van der Waals surface area contributed by atoms with Crippen molar-refractivity contribution in [2.45, 2.75) is 46.6 Å². The third kappa shape index (κ3) is 3.46. The van der Waals surface area contributed by atoms with Crippen LogP contribution in [0.25, 0.3) is 0 Å². The van der Waals surface area contributed by atoms with E-state index >= 15 is 0 Å². The van der Waals surface area contributed by atoms with Gasteiger partial charge in [0.2, 0.25) is 0 Å². The molecule has 0 aliphatic heterocycles. The molecule has 2 heteroatoms. The van der Waals surface area contributed by atoms with E-state index in [9.17, 15) is 0 Å². The van der Waals surface area contributed by atoms with Gasteiger partial charge < -0.3 is 10.6 Å². The molecule has 2 N–H and O–H groups in total. The summed E-state index contributed by atoms with van der Waals surface area (Å²) in [5.74, 6) is 1.88. The van der Waals surface area contributed by atoms with Crippen molar-refractivity contribution in [1.29, 1.82) is 0 Å². The van der Waals surface area contributed by atoms with E-state index in [2.05, 4.69) is 46.6 Å². The summed E-state index contributed by atoms with van der Waals surface area (Å²) in [6.07, 6.45) is 1.41. The summed E-state index contributed by atoms with van der Waals surface area (Å²) in [7, 11) is 2.22. The second-order valence-corrected chi connectivity index (χ2v) is 6.78. The SMILES string of the molecule is CC1CC1CN(C)CC(C)(C)C(C)(C)N. The van der Waals surface area contributed by atoms with E-state index < -0.39 is 0 Å². The normalized spacial score (nSPS) is 27.2. The molecule has 15 heavy (non-hydrogen) atoms. The zero-order valence-corrected chi connectivity index (χ0v) is 11.3. The first-order chi connectivity index (χ1) is 6.63. The average Bonchev–Trinajstić information content (AvgIpc) is 2.61. The summed E-state index contributed by atoms with van der Waals surface area (Å²) in [4.78, 5) is 2.45. The fourth-order valence-electron chi connectivity index (χ4n) is 2.00. The van der Waals surface area contributed by atoms with Crippen LogP contribution in [0.1, 0.15) is 41.0 Å². The standard InChI is InChI=1S/C13H28N2/c1-10-7-11(10)8-15(6)9-12(2,3)13(4,5)14/h10-11H,7-9,14H2,1-6H3. The van der Waals surface area contributed by atoms with Crippen molar-refractivity contribution in [1.82, 2.24) is 4.90 Å². The average molecular weight is 212 g/mol. The van der Waals surface area contributed by atoms with Crippen LogP contribution in [0.2, 0.25) is 0 Å². The Kier molecular flexibility index (Phi) is 3.52. The quantitative estimate of drug-likeness (QED) is 0.758. The van der Waals surface area contributed by atoms with Gasteiger partial charge in [-0.2, -0.15) is 0 Å². The monoisotopic (exact) mass is 212 g/mol. The van der Waals surface area contributed by atoms with E-state index in [-0.39, 0.29) is 11.0 Å². The molecule has 0 radical (unpaired) electrons. The number of hydrogen-bond donors (Lipinski definition) is 1. The number of rotatable bonds is 5. The number of hydrogen-bond acceptors (Lipinski definition) is 2. The third-order valence-corrected chi connectivity index (χ3v) is 4.23. The van der Waals surface area contributed by atoms with E-state index in [1.54, 1.807) is 0 Å². The molecule has 0 spiro atoms. The highest BCUT2D eigenvalue weighted by Crippen LogP contribution is 2.38. The molecule has 0 amide bonds. The van der Waals surface area contributed by atoms with E-state index in [1.807, 2.05) is 0 Å². The smallest absolute Gasteiger partial charge is 0.0161 e. The highest BCUT2D eigenvalue weighted by molar-refractivity contribution is 4.93. The third-order valence-electron chi connectivity index (χ3n) is 4.23. The molecule has 0 heterocycles. The molecule has 0 saturated heterocycles. The van der Waals surface area contributed by atoms with Crippen LogP contribution in [0.3, 0.4) is 0 Å².